The van der Waals surface area contributed by atoms with Crippen molar-refractivity contribution in [1.29, 1.82) is 0 Å². The van der Waals surface area contributed by atoms with Gasteiger partial charge in [0.15, 0.2) is 0 Å². The summed E-state index contributed by atoms with van der Waals surface area (Å²) in [6.45, 7) is -0.323. The van der Waals surface area contributed by atoms with Gasteiger partial charge in [-0.3, -0.25) is 14.4 Å². The Balaban J connectivity index is 2.08. The van der Waals surface area contributed by atoms with E-state index in [9.17, 15) is 19.2 Å². The van der Waals surface area contributed by atoms with Crippen molar-refractivity contribution in [2.45, 2.75) is 13.0 Å². The molecule has 0 aliphatic heterocycles. The third-order valence-corrected chi connectivity index (χ3v) is 2.94. The van der Waals surface area contributed by atoms with Crippen LogP contribution in [0.5, 0.6) is 0 Å². The largest absolute Gasteiger partial charge is 0.468 e. The molecule has 1 aromatic carbocycles. The summed E-state index contributed by atoms with van der Waals surface area (Å²) in [4.78, 5) is 45.2. The van der Waals surface area contributed by atoms with Gasteiger partial charge >= 0.3 is 12.1 Å². The van der Waals surface area contributed by atoms with Crippen LogP contribution in [0.25, 0.3) is 0 Å². The lowest BCUT2D eigenvalue weighted by atomic mass is 10.2. The molecule has 0 saturated carbocycles. The average Bonchev–Trinajstić information content (AvgIpc) is 2.63. The third-order valence-electron chi connectivity index (χ3n) is 2.94. The van der Waals surface area contributed by atoms with Crippen molar-refractivity contribution in [1.82, 2.24) is 16.0 Å². The molecule has 0 fully saturated rings. The van der Waals surface area contributed by atoms with E-state index in [0.29, 0.717) is 0 Å². The number of carbonyl (C=O) groups is 4. The minimum atomic E-state index is -0.632. The first kappa shape index (κ1) is 19.9. The quantitative estimate of drug-likeness (QED) is 0.525. The molecule has 1 rings (SSSR count). The normalized spacial score (nSPS) is 9.64. The number of rotatable bonds is 9. The Morgan fingerprint density at radius 2 is 1.60 bits per heavy atom. The van der Waals surface area contributed by atoms with E-state index in [1.807, 2.05) is 30.3 Å². The van der Waals surface area contributed by atoms with Crippen LogP contribution in [0.2, 0.25) is 0 Å². The highest BCUT2D eigenvalue weighted by Crippen LogP contribution is 2.00. The third kappa shape index (κ3) is 9.59. The summed E-state index contributed by atoms with van der Waals surface area (Å²) in [7, 11) is 1.20. The lowest BCUT2D eigenvalue weighted by Crippen LogP contribution is -2.40. The molecule has 0 atom stereocenters. The van der Waals surface area contributed by atoms with Crippen molar-refractivity contribution < 1.29 is 28.7 Å². The number of benzene rings is 1. The first-order chi connectivity index (χ1) is 12.0. The van der Waals surface area contributed by atoms with E-state index in [4.69, 9.17) is 4.74 Å². The van der Waals surface area contributed by atoms with E-state index in [2.05, 4.69) is 20.7 Å². The molecule has 1 aromatic rings. The zero-order valence-corrected chi connectivity index (χ0v) is 13.9. The molecule has 0 unspecified atom stereocenters. The Kier molecular flexibility index (Phi) is 9.13. The molecule has 0 bridgehead atoms. The molecule has 0 heterocycles. The summed E-state index contributed by atoms with van der Waals surface area (Å²) < 4.78 is 9.34. The standard InChI is InChI=1S/C16H21N3O6/c1-24-15(22)10-19-14(21)9-18-13(20)7-8-17-16(23)25-11-12-5-3-2-4-6-12/h2-6H,7-11H2,1H3,(H,17,23)(H,18,20)(H,19,21). The number of amides is 3. The van der Waals surface area contributed by atoms with Crippen molar-refractivity contribution in [3.8, 4) is 0 Å². The van der Waals surface area contributed by atoms with Crippen LogP contribution in [0.1, 0.15) is 12.0 Å². The number of methoxy groups -OCH3 is 1. The van der Waals surface area contributed by atoms with Crippen LogP contribution in [0.4, 0.5) is 4.79 Å². The van der Waals surface area contributed by atoms with E-state index >= 15 is 0 Å². The number of esters is 1. The molecule has 0 radical (unpaired) electrons. The number of carbonyl (C=O) groups excluding carboxylic acids is 4. The summed E-state index contributed by atoms with van der Waals surface area (Å²) in [5.74, 6) is -1.52. The summed E-state index contributed by atoms with van der Waals surface area (Å²) >= 11 is 0. The van der Waals surface area contributed by atoms with Gasteiger partial charge in [0.05, 0.1) is 13.7 Å². The highest BCUT2D eigenvalue weighted by Gasteiger charge is 2.08. The molecule has 9 nitrogen and oxygen atoms in total. The SMILES string of the molecule is COC(=O)CNC(=O)CNC(=O)CCNC(=O)OCc1ccccc1. The van der Waals surface area contributed by atoms with Crippen LogP contribution >= 0.6 is 0 Å². The minimum Gasteiger partial charge on any atom is -0.468 e. The first-order valence-corrected chi connectivity index (χ1v) is 7.56. The van der Waals surface area contributed by atoms with E-state index < -0.39 is 23.9 Å². The predicted molar refractivity (Wildman–Crippen MR) is 87.3 cm³/mol. The van der Waals surface area contributed by atoms with Gasteiger partial charge < -0.3 is 25.4 Å². The molecule has 136 valence electrons. The molecule has 0 aromatic heterocycles. The highest BCUT2D eigenvalue weighted by atomic mass is 16.5. The first-order valence-electron chi connectivity index (χ1n) is 7.56. The minimum absolute atomic E-state index is 0.00921. The van der Waals surface area contributed by atoms with Gasteiger partial charge in [-0.2, -0.15) is 0 Å². The van der Waals surface area contributed by atoms with Crippen molar-refractivity contribution in [2.24, 2.45) is 0 Å². The molecular formula is C16H21N3O6. The van der Waals surface area contributed by atoms with Crippen LogP contribution in [0, 0.1) is 0 Å². The molecule has 25 heavy (non-hydrogen) atoms. The van der Waals surface area contributed by atoms with Crippen LogP contribution < -0.4 is 16.0 Å². The molecule has 3 amide bonds. The van der Waals surface area contributed by atoms with Crippen molar-refractivity contribution >= 4 is 23.9 Å². The number of nitrogens with one attached hydrogen (secondary N) is 3. The lowest BCUT2D eigenvalue weighted by Gasteiger charge is -2.08. The van der Waals surface area contributed by atoms with E-state index in [0.717, 1.165) is 5.56 Å². The molecule has 3 N–H and O–H groups in total. The fraction of sp³-hybridized carbons (Fsp3) is 0.375. The van der Waals surface area contributed by atoms with Gasteiger partial charge in [0.1, 0.15) is 13.2 Å². The summed E-state index contributed by atoms with van der Waals surface area (Å²) in [6, 6.07) is 9.18. The monoisotopic (exact) mass is 351 g/mol. The van der Waals surface area contributed by atoms with Crippen LogP contribution in [0.3, 0.4) is 0 Å². The maximum atomic E-state index is 11.5. The Morgan fingerprint density at radius 1 is 0.920 bits per heavy atom. The smallest absolute Gasteiger partial charge is 0.407 e. The van der Waals surface area contributed by atoms with Crippen LogP contribution in [0.15, 0.2) is 30.3 Å². The van der Waals surface area contributed by atoms with Crippen LogP contribution in [-0.4, -0.2) is 50.6 Å². The number of hydrogen-bond acceptors (Lipinski definition) is 6. The number of ether oxygens (including phenoxy) is 2. The second kappa shape index (κ2) is 11.4. The molecule has 0 saturated heterocycles. The van der Waals surface area contributed by atoms with Gasteiger partial charge in [-0.1, -0.05) is 30.3 Å². The fourth-order valence-corrected chi connectivity index (χ4v) is 1.62. The van der Waals surface area contributed by atoms with Gasteiger partial charge in [0.25, 0.3) is 0 Å². The van der Waals surface area contributed by atoms with Crippen molar-refractivity contribution in [3.63, 3.8) is 0 Å². The van der Waals surface area contributed by atoms with Gasteiger partial charge in [-0.25, -0.2) is 4.79 Å². The zero-order chi connectivity index (χ0) is 18.5. The predicted octanol–water partition coefficient (Wildman–Crippen LogP) is -0.292. The van der Waals surface area contributed by atoms with Gasteiger partial charge in [0.2, 0.25) is 11.8 Å². The van der Waals surface area contributed by atoms with Gasteiger partial charge in [0, 0.05) is 13.0 Å². The van der Waals surface area contributed by atoms with Crippen molar-refractivity contribution in [2.75, 3.05) is 26.7 Å². The highest BCUT2D eigenvalue weighted by molar-refractivity contribution is 5.87. The second-order valence-electron chi connectivity index (χ2n) is 4.87. The second-order valence-corrected chi connectivity index (χ2v) is 4.87. The maximum absolute atomic E-state index is 11.5. The molecule has 0 aliphatic rings. The topological polar surface area (TPSA) is 123 Å². The van der Waals surface area contributed by atoms with Crippen molar-refractivity contribution in [3.05, 3.63) is 35.9 Å². The van der Waals surface area contributed by atoms with Crippen LogP contribution in [-0.2, 0) is 30.5 Å². The van der Waals surface area contributed by atoms with E-state index in [-0.39, 0.29) is 32.7 Å². The fourth-order valence-electron chi connectivity index (χ4n) is 1.62. The van der Waals surface area contributed by atoms with E-state index in [1.54, 1.807) is 0 Å². The number of hydrogen-bond donors (Lipinski definition) is 3. The number of alkyl carbamates (subject to hydrolysis) is 1. The summed E-state index contributed by atoms with van der Waals surface area (Å²) in [5, 5.41) is 7.07. The van der Waals surface area contributed by atoms with Gasteiger partial charge in [-0.15, -0.1) is 0 Å². The average molecular weight is 351 g/mol. The zero-order valence-electron chi connectivity index (χ0n) is 13.9. The Bertz CT molecular complexity index is 591. The summed E-state index contributed by atoms with van der Waals surface area (Å²) in [6.07, 6.45) is -0.641. The Morgan fingerprint density at radius 3 is 2.28 bits per heavy atom. The van der Waals surface area contributed by atoms with Gasteiger partial charge in [-0.05, 0) is 5.56 Å². The molecular weight excluding hydrogens is 330 g/mol. The molecule has 0 aliphatic carbocycles. The van der Waals surface area contributed by atoms with E-state index in [1.165, 1.54) is 7.11 Å². The molecule has 0 spiro atoms. The summed E-state index contributed by atoms with van der Waals surface area (Å²) in [5.41, 5.74) is 0.855. The Hall–Kier alpha value is -3.10. The maximum Gasteiger partial charge on any atom is 0.407 e. The lowest BCUT2D eigenvalue weighted by molar-refractivity contribution is -0.141. The molecule has 9 heteroatoms. The Labute approximate surface area is 145 Å².